The Morgan fingerprint density at radius 1 is 1.45 bits per heavy atom. The molecule has 1 atom stereocenters. The lowest BCUT2D eigenvalue weighted by Crippen LogP contribution is -2.54. The van der Waals surface area contributed by atoms with Gasteiger partial charge >= 0.3 is 5.96 Å². The summed E-state index contributed by atoms with van der Waals surface area (Å²) in [5.74, 6) is 0.699. The maximum Gasteiger partial charge on any atom is 0.344 e. The van der Waals surface area contributed by atoms with Crippen LogP contribution in [0.2, 0.25) is 5.02 Å². The van der Waals surface area contributed by atoms with Crippen LogP contribution < -0.4 is 5.73 Å². The van der Waals surface area contributed by atoms with Crippen LogP contribution in [0.25, 0.3) is 5.69 Å². The predicted octanol–water partition coefficient (Wildman–Crippen LogP) is 1.79. The first-order valence-electron chi connectivity index (χ1n) is 6.60. The summed E-state index contributed by atoms with van der Waals surface area (Å²) in [6, 6.07) is 5.58. The van der Waals surface area contributed by atoms with Gasteiger partial charge in [-0.3, -0.25) is 4.57 Å². The number of amidine groups is 1. The standard InChI is InChI=1S/C14H11ClN6O/c15-11-3-1-2-10-12(11)20-8-17-6-9(20)7-21(14(16)19-22)5-4-18-13(10)21/h1-6,8H,7H2,(H2-,16,19,22)/p+1. The lowest BCUT2D eigenvalue weighted by Gasteiger charge is -2.27. The first kappa shape index (κ1) is 13.1. The molecule has 2 aromatic rings. The highest BCUT2D eigenvalue weighted by atomic mass is 35.5. The van der Waals surface area contributed by atoms with Crippen molar-refractivity contribution in [2.45, 2.75) is 6.54 Å². The molecule has 3 heterocycles. The van der Waals surface area contributed by atoms with Gasteiger partial charge in [-0.2, -0.15) is 9.48 Å². The Kier molecular flexibility index (Phi) is 2.63. The Balaban J connectivity index is 2.10. The number of aromatic nitrogens is 2. The van der Waals surface area contributed by atoms with Gasteiger partial charge in [-0.05, 0) is 17.3 Å². The molecule has 4 rings (SSSR count). The molecule has 7 nitrogen and oxygen atoms in total. The minimum Gasteiger partial charge on any atom is -0.405 e. The SMILES string of the molecule is NC(=NO)[N+]12C=CN=C1c1cccc(Cl)c1-n1cncc1C2. The van der Waals surface area contributed by atoms with E-state index >= 15 is 0 Å². The van der Waals surface area contributed by atoms with Gasteiger partial charge in [0.15, 0.2) is 0 Å². The minimum absolute atomic E-state index is 0.00946. The molecule has 22 heavy (non-hydrogen) atoms. The van der Waals surface area contributed by atoms with Gasteiger partial charge in [0.05, 0.1) is 40.7 Å². The zero-order valence-electron chi connectivity index (χ0n) is 11.4. The van der Waals surface area contributed by atoms with Gasteiger partial charge in [0.2, 0.25) is 5.84 Å². The number of para-hydroxylation sites is 1. The summed E-state index contributed by atoms with van der Waals surface area (Å²) in [4.78, 5) is 8.65. The fourth-order valence-corrected chi connectivity index (χ4v) is 3.25. The van der Waals surface area contributed by atoms with Crippen molar-refractivity contribution in [1.29, 1.82) is 0 Å². The van der Waals surface area contributed by atoms with Crippen LogP contribution in [-0.4, -0.2) is 31.0 Å². The summed E-state index contributed by atoms with van der Waals surface area (Å²) in [5, 5.41) is 13.0. The van der Waals surface area contributed by atoms with Crippen molar-refractivity contribution in [3.8, 4) is 5.69 Å². The number of benzene rings is 1. The van der Waals surface area contributed by atoms with E-state index in [-0.39, 0.29) is 10.4 Å². The number of guanidine groups is 1. The van der Waals surface area contributed by atoms with Crippen molar-refractivity contribution in [1.82, 2.24) is 9.55 Å². The molecule has 3 N–H and O–H groups in total. The molecule has 0 amide bonds. The van der Waals surface area contributed by atoms with Crippen LogP contribution in [0.1, 0.15) is 11.3 Å². The number of nitrogens with two attached hydrogens (primary N) is 1. The van der Waals surface area contributed by atoms with Crippen molar-refractivity contribution in [2.24, 2.45) is 15.9 Å². The van der Waals surface area contributed by atoms with Gasteiger partial charge in [-0.25, -0.2) is 4.98 Å². The number of oxime groups is 1. The van der Waals surface area contributed by atoms with E-state index in [2.05, 4.69) is 15.1 Å². The summed E-state index contributed by atoms with van der Waals surface area (Å²) in [6.07, 6.45) is 6.89. The first-order valence-corrected chi connectivity index (χ1v) is 6.97. The Labute approximate surface area is 130 Å². The first-order chi connectivity index (χ1) is 10.7. The number of nitrogens with zero attached hydrogens (tertiary/aromatic N) is 5. The molecule has 110 valence electrons. The fraction of sp³-hybridized carbons (Fsp3) is 0.0714. The molecule has 0 spiro atoms. The second-order valence-electron chi connectivity index (χ2n) is 5.13. The molecule has 0 radical (unpaired) electrons. The third-order valence-electron chi connectivity index (χ3n) is 4.00. The molecule has 0 saturated heterocycles. The number of hydrogen-bond donors (Lipinski definition) is 2. The quantitative estimate of drug-likeness (QED) is 0.255. The van der Waals surface area contributed by atoms with Gasteiger partial charge in [0.1, 0.15) is 12.7 Å². The average molecular weight is 316 g/mol. The van der Waals surface area contributed by atoms with Crippen LogP contribution in [0.4, 0.5) is 0 Å². The largest absolute Gasteiger partial charge is 0.405 e. The Hall–Kier alpha value is -2.64. The zero-order valence-corrected chi connectivity index (χ0v) is 12.1. The van der Waals surface area contributed by atoms with Crippen molar-refractivity contribution < 1.29 is 9.69 Å². The number of imidazole rings is 1. The van der Waals surface area contributed by atoms with Crippen molar-refractivity contribution >= 4 is 23.4 Å². The zero-order chi connectivity index (χ0) is 15.3. The highest BCUT2D eigenvalue weighted by molar-refractivity contribution is 6.33. The van der Waals surface area contributed by atoms with Crippen LogP contribution in [-0.2, 0) is 6.54 Å². The Bertz CT molecular complexity index is 868. The third-order valence-corrected chi connectivity index (χ3v) is 4.31. The predicted molar refractivity (Wildman–Crippen MR) is 81.6 cm³/mol. The highest BCUT2D eigenvalue weighted by Crippen LogP contribution is 2.36. The molecule has 2 aliphatic rings. The van der Waals surface area contributed by atoms with Crippen LogP contribution in [0.3, 0.4) is 0 Å². The molecular formula is C14H12ClN6O+. The van der Waals surface area contributed by atoms with Crippen LogP contribution in [0, 0.1) is 0 Å². The van der Waals surface area contributed by atoms with Gasteiger partial charge in [0, 0.05) is 0 Å². The summed E-state index contributed by atoms with van der Waals surface area (Å²) < 4.78 is 1.92. The molecule has 1 unspecified atom stereocenters. The molecule has 8 heteroatoms. The summed E-state index contributed by atoms with van der Waals surface area (Å²) in [5.41, 5.74) is 8.49. The topological polar surface area (TPSA) is 88.8 Å². The maximum atomic E-state index is 9.23. The van der Waals surface area contributed by atoms with E-state index in [0.29, 0.717) is 17.4 Å². The van der Waals surface area contributed by atoms with E-state index in [4.69, 9.17) is 17.3 Å². The van der Waals surface area contributed by atoms with Gasteiger partial charge in [-0.15, -0.1) is 0 Å². The van der Waals surface area contributed by atoms with Crippen LogP contribution in [0.15, 0.2) is 53.3 Å². The molecule has 0 saturated carbocycles. The number of fused-ring (bicyclic) bond motifs is 5. The minimum atomic E-state index is 0.00946. The van der Waals surface area contributed by atoms with E-state index in [1.807, 2.05) is 22.8 Å². The van der Waals surface area contributed by atoms with E-state index in [1.54, 1.807) is 24.9 Å². The molecular weight excluding hydrogens is 304 g/mol. The van der Waals surface area contributed by atoms with E-state index in [0.717, 1.165) is 16.9 Å². The highest BCUT2D eigenvalue weighted by Gasteiger charge is 2.46. The number of aliphatic imine (C=N–C) groups is 1. The summed E-state index contributed by atoms with van der Waals surface area (Å²) >= 11 is 6.41. The van der Waals surface area contributed by atoms with Crippen molar-refractivity contribution in [3.05, 3.63) is 59.4 Å². The van der Waals surface area contributed by atoms with E-state index in [1.165, 1.54) is 0 Å². The number of hydrogen-bond acceptors (Lipinski definition) is 4. The Morgan fingerprint density at radius 2 is 2.32 bits per heavy atom. The number of halogens is 1. The van der Waals surface area contributed by atoms with Crippen LogP contribution in [0.5, 0.6) is 0 Å². The molecule has 1 aromatic carbocycles. The van der Waals surface area contributed by atoms with Crippen molar-refractivity contribution in [3.63, 3.8) is 0 Å². The van der Waals surface area contributed by atoms with Gasteiger partial charge in [-0.1, -0.05) is 17.7 Å². The molecule has 0 fully saturated rings. The maximum absolute atomic E-state index is 9.23. The monoisotopic (exact) mass is 315 g/mol. The van der Waals surface area contributed by atoms with E-state index < -0.39 is 0 Å². The molecule has 1 aromatic heterocycles. The van der Waals surface area contributed by atoms with E-state index in [9.17, 15) is 5.21 Å². The lowest BCUT2D eigenvalue weighted by molar-refractivity contribution is -0.703. The second kappa shape index (κ2) is 4.43. The smallest absolute Gasteiger partial charge is 0.344 e. The molecule has 2 aliphatic heterocycles. The van der Waals surface area contributed by atoms with Gasteiger partial charge in [0.25, 0.3) is 0 Å². The molecule has 0 bridgehead atoms. The summed E-state index contributed by atoms with van der Waals surface area (Å²) in [6.45, 7) is 0.427. The Morgan fingerprint density at radius 3 is 3.14 bits per heavy atom. The average Bonchev–Trinajstić information content (AvgIpc) is 3.12. The number of quaternary nitrogens is 1. The van der Waals surface area contributed by atoms with Gasteiger partial charge < -0.3 is 10.9 Å². The van der Waals surface area contributed by atoms with Crippen molar-refractivity contribution in [2.75, 3.05) is 0 Å². The fourth-order valence-electron chi connectivity index (χ4n) is 2.99. The van der Waals surface area contributed by atoms with Crippen LogP contribution >= 0.6 is 11.6 Å². The molecule has 0 aliphatic carbocycles. The normalized spacial score (nSPS) is 22.6. The third kappa shape index (κ3) is 1.52. The second-order valence-corrected chi connectivity index (χ2v) is 5.53. The summed E-state index contributed by atoms with van der Waals surface area (Å²) in [7, 11) is 0. The lowest BCUT2D eigenvalue weighted by atomic mass is 10.1. The number of rotatable bonds is 0.